The van der Waals surface area contributed by atoms with Gasteiger partial charge >= 0.3 is 0 Å². The Morgan fingerprint density at radius 3 is 2.44 bits per heavy atom. The maximum Gasteiger partial charge on any atom is 0.251 e. The molecule has 1 atom stereocenters. The van der Waals surface area contributed by atoms with Crippen LogP contribution < -0.4 is 14.8 Å². The molecule has 0 saturated heterocycles. The molecule has 1 amide bonds. The Hall–Kier alpha value is -2.38. The third kappa shape index (κ3) is 4.48. The molecular weight excluding hydrogens is 364 g/mol. The van der Waals surface area contributed by atoms with E-state index in [-0.39, 0.29) is 16.9 Å². The van der Waals surface area contributed by atoms with Gasteiger partial charge in [-0.2, -0.15) is 0 Å². The summed E-state index contributed by atoms with van der Waals surface area (Å²) in [7, 11) is -3.75. The molecule has 0 aliphatic carbocycles. The van der Waals surface area contributed by atoms with Gasteiger partial charge in [-0.1, -0.05) is 18.2 Å². The number of benzene rings is 2. The number of carbonyl (C=O) groups is 1. The van der Waals surface area contributed by atoms with E-state index in [2.05, 4.69) is 10.0 Å². The van der Waals surface area contributed by atoms with Crippen molar-refractivity contribution in [1.82, 2.24) is 10.0 Å². The third-order valence-electron chi connectivity index (χ3n) is 4.40. The lowest BCUT2D eigenvalue weighted by Crippen LogP contribution is -2.32. The molecule has 0 bridgehead atoms. The second-order valence-electron chi connectivity index (χ2n) is 6.90. The van der Waals surface area contributed by atoms with Gasteiger partial charge in [-0.25, -0.2) is 13.1 Å². The number of sulfonamides is 1. The number of amides is 1. The zero-order valence-electron chi connectivity index (χ0n) is 15.7. The summed E-state index contributed by atoms with van der Waals surface area (Å²) in [4.78, 5) is 12.1. The summed E-state index contributed by atoms with van der Waals surface area (Å²) in [5.74, 6) is 0.506. The minimum absolute atomic E-state index is 0.0768. The summed E-state index contributed by atoms with van der Waals surface area (Å²) in [6, 6.07) is 11.6. The molecule has 7 heteroatoms. The zero-order chi connectivity index (χ0) is 19.6. The van der Waals surface area contributed by atoms with Gasteiger partial charge in [0.2, 0.25) is 10.0 Å². The molecule has 0 saturated carbocycles. The van der Waals surface area contributed by atoms with Crippen molar-refractivity contribution < 1.29 is 17.9 Å². The fraction of sp³-hybridized carbons (Fsp3) is 0.350. The fourth-order valence-electron chi connectivity index (χ4n) is 3.03. The minimum Gasteiger partial charge on any atom is -0.491 e. The molecule has 144 valence electrons. The lowest BCUT2D eigenvalue weighted by molar-refractivity contribution is 0.0945. The number of ether oxygens (including phenoxy) is 1. The molecular formula is C20H24N2O4S. The first-order chi connectivity index (χ1) is 12.8. The van der Waals surface area contributed by atoms with E-state index in [0.717, 1.165) is 16.9 Å². The number of carbonyl (C=O) groups excluding carboxylic acids is 1. The summed E-state index contributed by atoms with van der Waals surface area (Å²) in [6.07, 6.45) is 0.781. The van der Waals surface area contributed by atoms with E-state index >= 15 is 0 Å². The quantitative estimate of drug-likeness (QED) is 0.797. The number of rotatable bonds is 6. The van der Waals surface area contributed by atoms with E-state index in [1.807, 2.05) is 38.1 Å². The fourth-order valence-corrected chi connectivity index (χ4v) is 4.29. The SMILES string of the molecule is CC(C)Oc1ccc([C@@H](C)NS(=O)(=O)c2ccc3c(c2)C(=O)NCC3)cc1. The highest BCUT2D eigenvalue weighted by Gasteiger charge is 2.23. The normalized spacial score (nSPS) is 15.2. The second kappa shape index (κ2) is 7.70. The van der Waals surface area contributed by atoms with Gasteiger partial charge in [0.1, 0.15) is 5.75 Å². The van der Waals surface area contributed by atoms with Crippen molar-refractivity contribution in [3.05, 3.63) is 59.2 Å². The Kier molecular flexibility index (Phi) is 5.53. The first kappa shape index (κ1) is 19.4. The Morgan fingerprint density at radius 1 is 1.07 bits per heavy atom. The van der Waals surface area contributed by atoms with Crippen molar-refractivity contribution in [2.24, 2.45) is 0 Å². The molecule has 0 spiro atoms. The van der Waals surface area contributed by atoms with Crippen LogP contribution in [0.25, 0.3) is 0 Å². The van der Waals surface area contributed by atoms with E-state index in [9.17, 15) is 13.2 Å². The molecule has 6 nitrogen and oxygen atoms in total. The highest BCUT2D eigenvalue weighted by molar-refractivity contribution is 7.89. The first-order valence-corrected chi connectivity index (χ1v) is 10.4. The van der Waals surface area contributed by atoms with Gasteiger partial charge in [0.05, 0.1) is 11.0 Å². The number of nitrogens with one attached hydrogen (secondary N) is 2. The Morgan fingerprint density at radius 2 is 1.78 bits per heavy atom. The van der Waals surface area contributed by atoms with E-state index in [4.69, 9.17) is 4.74 Å². The average molecular weight is 388 g/mol. The predicted molar refractivity (Wildman–Crippen MR) is 103 cm³/mol. The van der Waals surface area contributed by atoms with Crippen LogP contribution in [0, 0.1) is 0 Å². The van der Waals surface area contributed by atoms with E-state index in [1.165, 1.54) is 6.07 Å². The molecule has 0 aromatic heterocycles. The van der Waals surface area contributed by atoms with Crippen molar-refractivity contribution in [1.29, 1.82) is 0 Å². The zero-order valence-corrected chi connectivity index (χ0v) is 16.5. The van der Waals surface area contributed by atoms with Crippen molar-refractivity contribution in [2.75, 3.05) is 6.54 Å². The van der Waals surface area contributed by atoms with Gasteiger partial charge in [-0.15, -0.1) is 0 Å². The van der Waals surface area contributed by atoms with Crippen LogP contribution in [0.15, 0.2) is 47.4 Å². The maximum absolute atomic E-state index is 12.8. The van der Waals surface area contributed by atoms with Crippen LogP contribution in [0.1, 0.15) is 48.3 Å². The van der Waals surface area contributed by atoms with Gasteiger partial charge in [-0.05, 0) is 62.6 Å². The summed E-state index contributed by atoms with van der Waals surface area (Å²) in [5.41, 5.74) is 2.11. The van der Waals surface area contributed by atoms with Crippen LogP contribution in [0.5, 0.6) is 5.75 Å². The largest absolute Gasteiger partial charge is 0.491 e. The standard InChI is InChI=1S/C20H24N2O4S/c1-13(2)26-17-7-4-15(5-8-17)14(3)22-27(24,25)18-9-6-16-10-11-21-20(23)19(16)12-18/h4-9,12-14,22H,10-11H2,1-3H3,(H,21,23)/t14-/m1/s1. The average Bonchev–Trinajstić information content (AvgIpc) is 2.61. The lowest BCUT2D eigenvalue weighted by atomic mass is 10.0. The molecule has 2 aromatic rings. The molecule has 2 aromatic carbocycles. The molecule has 0 radical (unpaired) electrons. The van der Waals surface area contributed by atoms with Gasteiger partial charge < -0.3 is 10.1 Å². The monoisotopic (exact) mass is 388 g/mol. The van der Waals surface area contributed by atoms with Crippen LogP contribution in [-0.4, -0.2) is 27.0 Å². The second-order valence-corrected chi connectivity index (χ2v) is 8.62. The van der Waals surface area contributed by atoms with E-state index in [0.29, 0.717) is 18.5 Å². The van der Waals surface area contributed by atoms with Gasteiger partial charge in [0, 0.05) is 18.2 Å². The van der Waals surface area contributed by atoms with Crippen LogP contribution in [0.3, 0.4) is 0 Å². The van der Waals surface area contributed by atoms with Crippen LogP contribution in [0.2, 0.25) is 0 Å². The summed E-state index contributed by atoms with van der Waals surface area (Å²) in [6.45, 7) is 6.25. The molecule has 0 unspecified atom stereocenters. The van der Waals surface area contributed by atoms with E-state index in [1.54, 1.807) is 19.1 Å². The maximum atomic E-state index is 12.8. The lowest BCUT2D eigenvalue weighted by Gasteiger charge is -2.19. The highest BCUT2D eigenvalue weighted by atomic mass is 32.2. The predicted octanol–water partition coefficient (Wildman–Crippen LogP) is 2.80. The smallest absolute Gasteiger partial charge is 0.251 e. The summed E-state index contributed by atoms with van der Waals surface area (Å²) in [5, 5.41) is 2.74. The Labute approximate surface area is 160 Å². The van der Waals surface area contributed by atoms with Crippen molar-refractivity contribution in [2.45, 2.75) is 44.2 Å². The van der Waals surface area contributed by atoms with Gasteiger partial charge in [-0.3, -0.25) is 4.79 Å². The number of fused-ring (bicyclic) bond motifs is 1. The van der Waals surface area contributed by atoms with Crippen LogP contribution >= 0.6 is 0 Å². The molecule has 1 aliphatic rings. The number of hydrogen-bond acceptors (Lipinski definition) is 4. The Balaban J connectivity index is 1.78. The van der Waals surface area contributed by atoms with Gasteiger partial charge in [0.25, 0.3) is 5.91 Å². The molecule has 0 fully saturated rings. The van der Waals surface area contributed by atoms with Crippen molar-refractivity contribution in [3.63, 3.8) is 0 Å². The molecule has 1 aliphatic heterocycles. The first-order valence-electron chi connectivity index (χ1n) is 8.96. The topological polar surface area (TPSA) is 84.5 Å². The van der Waals surface area contributed by atoms with Gasteiger partial charge in [0.15, 0.2) is 0 Å². The molecule has 27 heavy (non-hydrogen) atoms. The van der Waals surface area contributed by atoms with Crippen molar-refractivity contribution in [3.8, 4) is 5.75 Å². The summed E-state index contributed by atoms with van der Waals surface area (Å²) >= 11 is 0. The van der Waals surface area contributed by atoms with Crippen molar-refractivity contribution >= 4 is 15.9 Å². The molecule has 2 N–H and O–H groups in total. The van der Waals surface area contributed by atoms with Crippen LogP contribution in [-0.2, 0) is 16.4 Å². The highest BCUT2D eigenvalue weighted by Crippen LogP contribution is 2.23. The third-order valence-corrected chi connectivity index (χ3v) is 5.94. The minimum atomic E-state index is -3.75. The Bertz CT molecular complexity index is 937. The molecule has 3 rings (SSSR count). The van der Waals surface area contributed by atoms with Crippen LogP contribution in [0.4, 0.5) is 0 Å². The molecule has 1 heterocycles. The summed E-state index contributed by atoms with van der Waals surface area (Å²) < 4.78 is 33.8. The van der Waals surface area contributed by atoms with E-state index < -0.39 is 16.1 Å². The number of hydrogen-bond donors (Lipinski definition) is 2.